The average Bonchev–Trinajstić information content (AvgIpc) is 2.88. The summed E-state index contributed by atoms with van der Waals surface area (Å²) in [5.41, 5.74) is 1.72. The van der Waals surface area contributed by atoms with Crippen molar-refractivity contribution < 1.29 is 4.74 Å². The molecule has 7 heteroatoms. The summed E-state index contributed by atoms with van der Waals surface area (Å²) in [6, 6.07) is 0. The molecule has 0 saturated carbocycles. The lowest BCUT2D eigenvalue weighted by Crippen LogP contribution is -2.37. The third kappa shape index (κ3) is 2.61. The summed E-state index contributed by atoms with van der Waals surface area (Å²) in [6.45, 7) is 5.29. The third-order valence-corrected chi connectivity index (χ3v) is 4.45. The van der Waals surface area contributed by atoms with E-state index in [-0.39, 0.29) is 0 Å². The number of rotatable bonds is 2. The number of nitrogens with one attached hydrogen (secondary N) is 1. The summed E-state index contributed by atoms with van der Waals surface area (Å²) in [4.78, 5) is 21.7. The van der Waals surface area contributed by atoms with Crippen molar-refractivity contribution in [1.29, 1.82) is 0 Å². The Morgan fingerprint density at radius 2 is 1.68 bits per heavy atom. The predicted molar refractivity (Wildman–Crippen MR) is 85.4 cm³/mol. The van der Waals surface area contributed by atoms with Gasteiger partial charge in [0.25, 0.3) is 0 Å². The van der Waals surface area contributed by atoms with Crippen molar-refractivity contribution in [2.24, 2.45) is 0 Å². The van der Waals surface area contributed by atoms with Crippen molar-refractivity contribution in [3.8, 4) is 0 Å². The SMILES string of the molecule is c1nc2nc(N3CCOCC3)nc(N3CCCCCC3)c2[nH]1. The smallest absolute Gasteiger partial charge is 0.229 e. The summed E-state index contributed by atoms with van der Waals surface area (Å²) < 4.78 is 5.43. The maximum atomic E-state index is 5.43. The van der Waals surface area contributed by atoms with Gasteiger partial charge in [-0.25, -0.2) is 4.98 Å². The van der Waals surface area contributed by atoms with E-state index >= 15 is 0 Å². The summed E-state index contributed by atoms with van der Waals surface area (Å²) in [5.74, 6) is 1.79. The molecule has 0 amide bonds. The zero-order chi connectivity index (χ0) is 14.8. The molecule has 0 spiro atoms. The largest absolute Gasteiger partial charge is 0.378 e. The zero-order valence-corrected chi connectivity index (χ0v) is 12.8. The molecule has 2 saturated heterocycles. The highest BCUT2D eigenvalue weighted by Crippen LogP contribution is 2.26. The van der Waals surface area contributed by atoms with E-state index in [1.165, 1.54) is 25.7 Å². The predicted octanol–water partition coefficient (Wildman–Crippen LogP) is 1.57. The van der Waals surface area contributed by atoms with E-state index in [2.05, 4.69) is 24.8 Å². The van der Waals surface area contributed by atoms with E-state index in [9.17, 15) is 0 Å². The lowest BCUT2D eigenvalue weighted by Gasteiger charge is -2.28. The molecule has 0 atom stereocenters. The van der Waals surface area contributed by atoms with Gasteiger partial charge in [-0.05, 0) is 12.8 Å². The van der Waals surface area contributed by atoms with Crippen LogP contribution >= 0.6 is 0 Å². The second-order valence-electron chi connectivity index (χ2n) is 5.95. The topological polar surface area (TPSA) is 70.2 Å². The van der Waals surface area contributed by atoms with Crippen LogP contribution in [0.2, 0.25) is 0 Å². The number of H-pyrrole nitrogens is 1. The molecule has 118 valence electrons. The van der Waals surface area contributed by atoms with Gasteiger partial charge < -0.3 is 19.5 Å². The lowest BCUT2D eigenvalue weighted by molar-refractivity contribution is 0.122. The fraction of sp³-hybridized carbons (Fsp3) is 0.667. The Kier molecular flexibility index (Phi) is 3.80. The molecule has 2 aliphatic heterocycles. The number of fused-ring (bicyclic) bond motifs is 1. The highest BCUT2D eigenvalue weighted by atomic mass is 16.5. The molecule has 1 N–H and O–H groups in total. The number of imidazole rings is 1. The average molecular weight is 302 g/mol. The molecule has 0 radical (unpaired) electrons. The molecule has 7 nitrogen and oxygen atoms in total. The van der Waals surface area contributed by atoms with E-state index < -0.39 is 0 Å². The standard InChI is InChI=1S/C15H22N6O/c1-2-4-6-20(5-3-1)14-12-13(17-11-16-12)18-15(19-14)21-7-9-22-10-8-21/h11H,1-10H2,(H,16,17,18,19). The summed E-state index contributed by atoms with van der Waals surface area (Å²) in [5, 5.41) is 0. The molecule has 2 aromatic rings. The molecule has 0 unspecified atom stereocenters. The molecule has 4 heterocycles. The Bertz CT molecular complexity index is 628. The van der Waals surface area contributed by atoms with Crippen LogP contribution in [0, 0.1) is 0 Å². The quantitative estimate of drug-likeness (QED) is 0.908. The molecule has 2 aliphatic rings. The van der Waals surface area contributed by atoms with Crippen LogP contribution in [-0.2, 0) is 4.74 Å². The van der Waals surface area contributed by atoms with Gasteiger partial charge in [-0.2, -0.15) is 9.97 Å². The Labute approximate surface area is 129 Å². The van der Waals surface area contributed by atoms with Gasteiger partial charge in [0, 0.05) is 26.2 Å². The molecule has 4 rings (SSSR count). The third-order valence-electron chi connectivity index (χ3n) is 4.45. The molecular formula is C15H22N6O. The van der Waals surface area contributed by atoms with Crippen molar-refractivity contribution in [2.75, 3.05) is 49.2 Å². The second-order valence-corrected chi connectivity index (χ2v) is 5.95. The number of morpholine rings is 1. The Hall–Kier alpha value is -1.89. The number of nitrogens with zero attached hydrogens (tertiary/aromatic N) is 5. The minimum atomic E-state index is 0.737. The van der Waals surface area contributed by atoms with Crippen LogP contribution in [-0.4, -0.2) is 59.3 Å². The molecular weight excluding hydrogens is 280 g/mol. The first kappa shape index (κ1) is 13.8. The zero-order valence-electron chi connectivity index (χ0n) is 12.8. The van der Waals surface area contributed by atoms with Crippen molar-refractivity contribution in [3.05, 3.63) is 6.33 Å². The molecule has 22 heavy (non-hydrogen) atoms. The van der Waals surface area contributed by atoms with E-state index in [4.69, 9.17) is 9.72 Å². The molecule has 2 aromatic heterocycles. The summed E-state index contributed by atoms with van der Waals surface area (Å²) >= 11 is 0. The van der Waals surface area contributed by atoms with Crippen molar-refractivity contribution in [1.82, 2.24) is 19.9 Å². The molecule has 2 fully saturated rings. The van der Waals surface area contributed by atoms with Crippen LogP contribution < -0.4 is 9.80 Å². The number of aromatic nitrogens is 4. The van der Waals surface area contributed by atoms with E-state index in [0.717, 1.165) is 62.3 Å². The molecule has 0 bridgehead atoms. The number of ether oxygens (including phenoxy) is 1. The van der Waals surface area contributed by atoms with Gasteiger partial charge >= 0.3 is 0 Å². The van der Waals surface area contributed by atoms with Gasteiger partial charge in [0.15, 0.2) is 11.5 Å². The van der Waals surface area contributed by atoms with Crippen LogP contribution in [0.3, 0.4) is 0 Å². The normalized spacial score (nSPS) is 20.4. The van der Waals surface area contributed by atoms with Crippen LogP contribution in [0.4, 0.5) is 11.8 Å². The van der Waals surface area contributed by atoms with Crippen LogP contribution in [0.25, 0.3) is 11.2 Å². The minimum Gasteiger partial charge on any atom is -0.378 e. The van der Waals surface area contributed by atoms with E-state index in [0.29, 0.717) is 0 Å². The summed E-state index contributed by atoms with van der Waals surface area (Å²) in [6.07, 6.45) is 6.79. The fourth-order valence-electron chi connectivity index (χ4n) is 3.22. The first-order valence-corrected chi connectivity index (χ1v) is 8.20. The van der Waals surface area contributed by atoms with E-state index in [1.54, 1.807) is 6.33 Å². The van der Waals surface area contributed by atoms with Gasteiger partial charge in [-0.15, -0.1) is 0 Å². The maximum Gasteiger partial charge on any atom is 0.229 e. The number of anilines is 2. The monoisotopic (exact) mass is 302 g/mol. The first-order valence-electron chi connectivity index (χ1n) is 8.20. The van der Waals surface area contributed by atoms with Gasteiger partial charge in [-0.3, -0.25) is 0 Å². The number of hydrogen-bond acceptors (Lipinski definition) is 6. The summed E-state index contributed by atoms with van der Waals surface area (Å²) in [7, 11) is 0. The second kappa shape index (κ2) is 6.08. The van der Waals surface area contributed by atoms with Crippen LogP contribution in [0.1, 0.15) is 25.7 Å². The molecule has 0 aromatic carbocycles. The minimum absolute atomic E-state index is 0.737. The number of hydrogen-bond donors (Lipinski definition) is 1. The number of aromatic amines is 1. The van der Waals surface area contributed by atoms with Gasteiger partial charge in [0.1, 0.15) is 5.52 Å². The van der Waals surface area contributed by atoms with Crippen LogP contribution in [0.5, 0.6) is 0 Å². The Balaban J connectivity index is 1.72. The maximum absolute atomic E-state index is 5.43. The molecule has 0 aliphatic carbocycles. The highest BCUT2D eigenvalue weighted by Gasteiger charge is 2.21. The first-order chi connectivity index (χ1) is 10.9. The van der Waals surface area contributed by atoms with Gasteiger partial charge in [0.2, 0.25) is 5.95 Å². The van der Waals surface area contributed by atoms with Gasteiger partial charge in [0.05, 0.1) is 19.5 Å². The highest BCUT2D eigenvalue weighted by molar-refractivity contribution is 5.84. The van der Waals surface area contributed by atoms with Crippen LogP contribution in [0.15, 0.2) is 6.33 Å². The van der Waals surface area contributed by atoms with Gasteiger partial charge in [-0.1, -0.05) is 12.8 Å². The van der Waals surface area contributed by atoms with Crippen molar-refractivity contribution in [2.45, 2.75) is 25.7 Å². The van der Waals surface area contributed by atoms with Crippen molar-refractivity contribution in [3.63, 3.8) is 0 Å². The van der Waals surface area contributed by atoms with E-state index in [1.807, 2.05) is 0 Å². The Morgan fingerprint density at radius 3 is 2.45 bits per heavy atom. The van der Waals surface area contributed by atoms with Crippen molar-refractivity contribution >= 4 is 22.9 Å². The fourth-order valence-corrected chi connectivity index (χ4v) is 3.22. The lowest BCUT2D eigenvalue weighted by atomic mass is 10.2. The Morgan fingerprint density at radius 1 is 0.909 bits per heavy atom.